The monoisotopic (exact) mass is 413 g/mol. The predicted molar refractivity (Wildman–Crippen MR) is 109 cm³/mol. The van der Waals surface area contributed by atoms with Crippen LogP contribution in [0.2, 0.25) is 0 Å². The summed E-state index contributed by atoms with van der Waals surface area (Å²) < 4.78 is 37.9. The summed E-state index contributed by atoms with van der Waals surface area (Å²) in [7, 11) is -1.88. The van der Waals surface area contributed by atoms with E-state index in [2.05, 4.69) is 17.1 Å². The fourth-order valence-electron chi connectivity index (χ4n) is 3.36. The van der Waals surface area contributed by atoms with Crippen molar-refractivity contribution in [3.63, 3.8) is 0 Å². The number of ether oxygens (including phenoxy) is 1. The Kier molecular flexibility index (Phi) is 5.38. The SMILES string of the molecule is COc1cccc(-c2nc(-c3ccc(S(=O)(=O)N4CCC(C)CC4)cc3)no2)c1. The first kappa shape index (κ1) is 19.6. The highest BCUT2D eigenvalue weighted by Crippen LogP contribution is 2.27. The third kappa shape index (κ3) is 4.04. The molecule has 0 bridgehead atoms. The molecule has 0 radical (unpaired) electrons. The van der Waals surface area contributed by atoms with Crippen LogP contribution in [-0.4, -0.2) is 43.1 Å². The van der Waals surface area contributed by atoms with E-state index >= 15 is 0 Å². The van der Waals surface area contributed by atoms with E-state index in [4.69, 9.17) is 9.26 Å². The van der Waals surface area contributed by atoms with Crippen LogP contribution in [0.15, 0.2) is 57.9 Å². The van der Waals surface area contributed by atoms with Gasteiger partial charge in [0, 0.05) is 24.2 Å². The molecule has 4 rings (SSSR count). The highest BCUT2D eigenvalue weighted by Gasteiger charge is 2.28. The molecule has 1 saturated heterocycles. The summed E-state index contributed by atoms with van der Waals surface area (Å²) in [4.78, 5) is 4.71. The molecular weight excluding hydrogens is 390 g/mol. The molecule has 1 aliphatic heterocycles. The van der Waals surface area contributed by atoms with E-state index in [0.717, 1.165) is 18.4 Å². The number of hydrogen-bond donors (Lipinski definition) is 0. The summed E-state index contributed by atoms with van der Waals surface area (Å²) in [5.74, 6) is 2.04. The van der Waals surface area contributed by atoms with Gasteiger partial charge in [-0.25, -0.2) is 8.42 Å². The number of sulfonamides is 1. The second-order valence-corrected chi connectivity index (χ2v) is 9.20. The van der Waals surface area contributed by atoms with Crippen LogP contribution in [0.5, 0.6) is 5.75 Å². The fourth-order valence-corrected chi connectivity index (χ4v) is 4.83. The van der Waals surface area contributed by atoms with Gasteiger partial charge in [-0.2, -0.15) is 9.29 Å². The molecule has 7 nitrogen and oxygen atoms in total. The zero-order chi connectivity index (χ0) is 20.4. The Morgan fingerprint density at radius 2 is 1.79 bits per heavy atom. The number of nitrogens with zero attached hydrogens (tertiary/aromatic N) is 3. The molecule has 0 atom stereocenters. The van der Waals surface area contributed by atoms with Crippen molar-refractivity contribution in [2.75, 3.05) is 20.2 Å². The van der Waals surface area contributed by atoms with Gasteiger partial charge < -0.3 is 9.26 Å². The highest BCUT2D eigenvalue weighted by atomic mass is 32.2. The Morgan fingerprint density at radius 3 is 2.48 bits per heavy atom. The molecule has 0 spiro atoms. The van der Waals surface area contributed by atoms with E-state index in [0.29, 0.717) is 42.0 Å². The van der Waals surface area contributed by atoms with E-state index in [1.807, 2.05) is 24.3 Å². The molecule has 1 aromatic heterocycles. The van der Waals surface area contributed by atoms with Crippen LogP contribution < -0.4 is 4.74 Å². The van der Waals surface area contributed by atoms with Gasteiger partial charge in [0.1, 0.15) is 5.75 Å². The van der Waals surface area contributed by atoms with Crippen LogP contribution >= 0.6 is 0 Å². The quantitative estimate of drug-likeness (QED) is 0.632. The Morgan fingerprint density at radius 1 is 1.07 bits per heavy atom. The minimum Gasteiger partial charge on any atom is -0.497 e. The first-order chi connectivity index (χ1) is 14.0. The summed E-state index contributed by atoms with van der Waals surface area (Å²) in [5, 5.41) is 4.02. The summed E-state index contributed by atoms with van der Waals surface area (Å²) in [6.07, 6.45) is 1.79. The van der Waals surface area contributed by atoms with Crippen molar-refractivity contribution in [1.29, 1.82) is 0 Å². The van der Waals surface area contributed by atoms with Gasteiger partial charge >= 0.3 is 0 Å². The molecule has 0 saturated carbocycles. The summed E-state index contributed by atoms with van der Waals surface area (Å²) in [6.45, 7) is 3.30. The van der Waals surface area contributed by atoms with E-state index < -0.39 is 10.0 Å². The number of aromatic nitrogens is 2. The molecule has 0 unspecified atom stereocenters. The Balaban J connectivity index is 1.55. The topological polar surface area (TPSA) is 85.5 Å². The third-order valence-corrected chi connectivity index (χ3v) is 7.15. The van der Waals surface area contributed by atoms with E-state index in [1.165, 1.54) is 0 Å². The molecule has 3 aromatic rings. The molecular formula is C21H23N3O4S. The summed E-state index contributed by atoms with van der Waals surface area (Å²) >= 11 is 0. The molecule has 2 heterocycles. The van der Waals surface area contributed by atoms with Crippen LogP contribution in [0, 0.1) is 5.92 Å². The molecule has 0 N–H and O–H groups in total. The largest absolute Gasteiger partial charge is 0.497 e. The lowest BCUT2D eigenvalue weighted by Gasteiger charge is -2.29. The van der Waals surface area contributed by atoms with Gasteiger partial charge in [-0.3, -0.25) is 0 Å². The van der Waals surface area contributed by atoms with Gasteiger partial charge in [-0.1, -0.05) is 18.1 Å². The maximum atomic E-state index is 12.9. The number of benzene rings is 2. The van der Waals surface area contributed by atoms with Crippen molar-refractivity contribution in [2.45, 2.75) is 24.7 Å². The molecule has 8 heteroatoms. The second-order valence-electron chi connectivity index (χ2n) is 7.27. The maximum absolute atomic E-state index is 12.9. The van der Waals surface area contributed by atoms with Crippen LogP contribution in [-0.2, 0) is 10.0 Å². The number of piperidine rings is 1. The molecule has 2 aromatic carbocycles. The molecule has 0 amide bonds. The summed E-state index contributed by atoms with van der Waals surface area (Å²) in [6, 6.07) is 14.0. The molecule has 1 fully saturated rings. The van der Waals surface area contributed by atoms with Gasteiger partial charge in [0.05, 0.1) is 12.0 Å². The smallest absolute Gasteiger partial charge is 0.258 e. The van der Waals surface area contributed by atoms with Crippen molar-refractivity contribution in [1.82, 2.24) is 14.4 Å². The van der Waals surface area contributed by atoms with Crippen molar-refractivity contribution in [2.24, 2.45) is 5.92 Å². The first-order valence-electron chi connectivity index (χ1n) is 9.56. The third-order valence-electron chi connectivity index (χ3n) is 5.24. The lowest BCUT2D eigenvalue weighted by Crippen LogP contribution is -2.37. The minimum atomic E-state index is -3.47. The van der Waals surface area contributed by atoms with Crippen molar-refractivity contribution < 1.29 is 17.7 Å². The minimum absolute atomic E-state index is 0.285. The Labute approximate surface area is 170 Å². The number of hydrogen-bond acceptors (Lipinski definition) is 6. The highest BCUT2D eigenvalue weighted by molar-refractivity contribution is 7.89. The van der Waals surface area contributed by atoms with E-state index in [-0.39, 0.29) is 4.90 Å². The van der Waals surface area contributed by atoms with Crippen LogP contribution in [0.25, 0.3) is 22.8 Å². The summed E-state index contributed by atoms with van der Waals surface area (Å²) in [5.41, 5.74) is 1.44. The van der Waals surface area contributed by atoms with Gasteiger partial charge in [-0.05, 0) is 61.2 Å². The van der Waals surface area contributed by atoms with E-state index in [1.54, 1.807) is 35.7 Å². The molecule has 152 valence electrons. The van der Waals surface area contributed by atoms with Crippen LogP contribution in [0.3, 0.4) is 0 Å². The second kappa shape index (κ2) is 7.96. The molecule has 1 aliphatic rings. The fraction of sp³-hybridized carbons (Fsp3) is 0.333. The zero-order valence-electron chi connectivity index (χ0n) is 16.4. The number of rotatable bonds is 5. The number of methoxy groups -OCH3 is 1. The van der Waals surface area contributed by atoms with Gasteiger partial charge in [0.2, 0.25) is 15.8 Å². The lowest BCUT2D eigenvalue weighted by atomic mass is 10.0. The lowest BCUT2D eigenvalue weighted by molar-refractivity contribution is 0.288. The normalized spacial score (nSPS) is 16.1. The van der Waals surface area contributed by atoms with Crippen LogP contribution in [0.4, 0.5) is 0 Å². The van der Waals surface area contributed by atoms with Gasteiger partial charge in [0.15, 0.2) is 0 Å². The zero-order valence-corrected chi connectivity index (χ0v) is 17.2. The average molecular weight is 413 g/mol. The Hall–Kier alpha value is -2.71. The van der Waals surface area contributed by atoms with Gasteiger partial charge in [0.25, 0.3) is 5.89 Å². The predicted octanol–water partition coefficient (Wildman–Crippen LogP) is 3.83. The van der Waals surface area contributed by atoms with E-state index in [9.17, 15) is 8.42 Å². The van der Waals surface area contributed by atoms with Gasteiger partial charge in [-0.15, -0.1) is 0 Å². The molecule has 0 aliphatic carbocycles. The van der Waals surface area contributed by atoms with Crippen molar-refractivity contribution >= 4 is 10.0 Å². The standard InChI is InChI=1S/C21H23N3O4S/c1-15-10-12-24(13-11-15)29(25,26)19-8-6-16(7-9-19)20-22-21(28-23-20)17-4-3-5-18(14-17)27-2/h3-9,14-15H,10-13H2,1-2H3. The average Bonchev–Trinajstić information content (AvgIpc) is 3.24. The Bertz CT molecular complexity index is 1090. The van der Waals surface area contributed by atoms with Crippen molar-refractivity contribution in [3.05, 3.63) is 48.5 Å². The first-order valence-corrected chi connectivity index (χ1v) is 11.0. The van der Waals surface area contributed by atoms with Crippen LogP contribution in [0.1, 0.15) is 19.8 Å². The van der Waals surface area contributed by atoms with Crippen molar-refractivity contribution in [3.8, 4) is 28.6 Å². The molecule has 29 heavy (non-hydrogen) atoms. The maximum Gasteiger partial charge on any atom is 0.258 e.